The molecule has 1 rings (SSSR count). The van der Waals surface area contributed by atoms with Crippen molar-refractivity contribution in [3.8, 4) is 0 Å². The lowest BCUT2D eigenvalue weighted by molar-refractivity contribution is -0.136. The highest BCUT2D eigenvalue weighted by Gasteiger charge is 2.28. The second-order valence-corrected chi connectivity index (χ2v) is 2.75. The lowest BCUT2D eigenvalue weighted by Gasteiger charge is -2.18. The van der Waals surface area contributed by atoms with Crippen molar-refractivity contribution >= 4 is 11.9 Å². The van der Waals surface area contributed by atoms with E-state index in [-0.39, 0.29) is 0 Å². The summed E-state index contributed by atoms with van der Waals surface area (Å²) in [5.74, 6) is -2.91. The highest BCUT2D eigenvalue weighted by atomic mass is 16.4. The topological polar surface area (TPSA) is 115 Å². The molecule has 0 fully saturated rings. The molecule has 0 aromatic rings. The molecule has 0 aromatic heterocycles. The first-order valence-corrected chi connectivity index (χ1v) is 4.70. The molecule has 90 valence electrons. The molecule has 4 N–H and O–H groups in total. The fraction of sp³-hybridized carbons (Fsp3) is 0.400. The monoisotopic (exact) mass is 230 g/mol. The number of aliphatic hydroxyl groups excluding tert-OH is 2. The zero-order valence-corrected chi connectivity index (χ0v) is 8.91. The Hall–Kier alpha value is -1.66. The van der Waals surface area contributed by atoms with Gasteiger partial charge in [-0.25, -0.2) is 9.59 Å². The summed E-state index contributed by atoms with van der Waals surface area (Å²) in [5, 5.41) is 35.3. The molecule has 0 aromatic carbocycles. The molecule has 6 heteroatoms. The molecule has 0 spiro atoms. The standard InChI is InChI=1S/C8H8O6.C2H6/c9-5-1-3(7(11)12)4(8(13)14)2-6(5)10;1-2/h1-2,5-6,9-10H,(H,11,12)(H,13,14);1-2H3. The third-order valence-electron chi connectivity index (χ3n) is 1.78. The van der Waals surface area contributed by atoms with Gasteiger partial charge in [0.25, 0.3) is 0 Å². The van der Waals surface area contributed by atoms with E-state index in [9.17, 15) is 9.59 Å². The molecule has 2 unspecified atom stereocenters. The maximum atomic E-state index is 10.6. The summed E-state index contributed by atoms with van der Waals surface area (Å²) < 4.78 is 0. The van der Waals surface area contributed by atoms with Crippen LogP contribution in [0.5, 0.6) is 0 Å². The van der Waals surface area contributed by atoms with Crippen molar-refractivity contribution in [3.63, 3.8) is 0 Å². The SMILES string of the molecule is CC.O=C(O)C1=CC(O)C(O)C=C1C(=O)O. The zero-order valence-electron chi connectivity index (χ0n) is 8.91. The quantitative estimate of drug-likeness (QED) is 0.521. The first-order chi connectivity index (χ1) is 7.43. The van der Waals surface area contributed by atoms with E-state index < -0.39 is 35.3 Å². The largest absolute Gasteiger partial charge is 0.478 e. The number of carboxylic acid groups (broad SMARTS) is 2. The Morgan fingerprint density at radius 1 is 0.938 bits per heavy atom. The number of hydrogen-bond acceptors (Lipinski definition) is 4. The van der Waals surface area contributed by atoms with Crippen molar-refractivity contribution in [1.29, 1.82) is 0 Å². The van der Waals surface area contributed by atoms with Gasteiger partial charge in [0.05, 0.1) is 11.1 Å². The summed E-state index contributed by atoms with van der Waals surface area (Å²) in [6.45, 7) is 4.00. The predicted molar refractivity (Wildman–Crippen MR) is 54.8 cm³/mol. The highest BCUT2D eigenvalue weighted by Crippen LogP contribution is 2.19. The molecule has 0 bridgehead atoms. The fourth-order valence-electron chi connectivity index (χ4n) is 1.09. The molecular weight excluding hydrogens is 216 g/mol. The number of aliphatic hydroxyl groups is 2. The first kappa shape index (κ1) is 14.3. The van der Waals surface area contributed by atoms with Gasteiger partial charge in [0.1, 0.15) is 12.2 Å². The van der Waals surface area contributed by atoms with Crippen molar-refractivity contribution in [2.75, 3.05) is 0 Å². The molecule has 16 heavy (non-hydrogen) atoms. The van der Waals surface area contributed by atoms with E-state index >= 15 is 0 Å². The molecule has 2 atom stereocenters. The average Bonchev–Trinajstić information content (AvgIpc) is 2.23. The molecule has 0 heterocycles. The molecule has 0 saturated heterocycles. The van der Waals surface area contributed by atoms with Gasteiger partial charge >= 0.3 is 11.9 Å². The van der Waals surface area contributed by atoms with Gasteiger partial charge in [-0.3, -0.25) is 0 Å². The van der Waals surface area contributed by atoms with Gasteiger partial charge in [-0.2, -0.15) is 0 Å². The van der Waals surface area contributed by atoms with Gasteiger partial charge in [-0.1, -0.05) is 13.8 Å². The van der Waals surface area contributed by atoms with Crippen LogP contribution >= 0.6 is 0 Å². The Labute approximate surface area is 92.1 Å². The number of carboxylic acids is 2. The van der Waals surface area contributed by atoms with Gasteiger partial charge in [0, 0.05) is 0 Å². The van der Waals surface area contributed by atoms with Crippen LogP contribution < -0.4 is 0 Å². The lowest BCUT2D eigenvalue weighted by Crippen LogP contribution is -2.29. The molecule has 0 saturated carbocycles. The minimum absolute atomic E-state index is 0.518. The van der Waals surface area contributed by atoms with Gasteiger partial charge in [0.2, 0.25) is 0 Å². The van der Waals surface area contributed by atoms with Crippen LogP contribution in [0.1, 0.15) is 13.8 Å². The predicted octanol–water partition coefficient (Wildman–Crippen LogP) is -0.230. The second-order valence-electron chi connectivity index (χ2n) is 2.75. The highest BCUT2D eigenvalue weighted by molar-refractivity contribution is 6.06. The Morgan fingerprint density at radius 3 is 1.38 bits per heavy atom. The molecule has 0 aliphatic heterocycles. The van der Waals surface area contributed by atoms with Gasteiger partial charge in [0.15, 0.2) is 0 Å². The van der Waals surface area contributed by atoms with Crippen LogP contribution in [-0.4, -0.2) is 44.6 Å². The van der Waals surface area contributed by atoms with E-state index in [2.05, 4.69) is 0 Å². The van der Waals surface area contributed by atoms with Gasteiger partial charge < -0.3 is 20.4 Å². The van der Waals surface area contributed by atoms with Crippen molar-refractivity contribution < 1.29 is 30.0 Å². The minimum Gasteiger partial charge on any atom is -0.478 e. The van der Waals surface area contributed by atoms with Crippen molar-refractivity contribution in [2.24, 2.45) is 0 Å². The molecule has 1 aliphatic rings. The van der Waals surface area contributed by atoms with Crippen LogP contribution in [0.4, 0.5) is 0 Å². The molecule has 1 aliphatic carbocycles. The molecule has 0 amide bonds. The van der Waals surface area contributed by atoms with Crippen LogP contribution in [0, 0.1) is 0 Å². The van der Waals surface area contributed by atoms with Crippen LogP contribution in [0.25, 0.3) is 0 Å². The molecular formula is C10H14O6. The first-order valence-electron chi connectivity index (χ1n) is 4.70. The van der Waals surface area contributed by atoms with E-state index in [0.717, 1.165) is 12.2 Å². The van der Waals surface area contributed by atoms with Crippen LogP contribution in [-0.2, 0) is 9.59 Å². The number of rotatable bonds is 2. The minimum atomic E-state index is -1.45. The van der Waals surface area contributed by atoms with Crippen LogP contribution in [0.2, 0.25) is 0 Å². The normalized spacial score (nSPS) is 23.5. The Kier molecular flexibility index (Phi) is 5.41. The van der Waals surface area contributed by atoms with E-state index in [0.29, 0.717) is 0 Å². The maximum Gasteiger partial charge on any atom is 0.336 e. The van der Waals surface area contributed by atoms with Crippen molar-refractivity contribution in [3.05, 3.63) is 23.3 Å². The zero-order chi connectivity index (χ0) is 12.9. The number of hydrogen-bond donors (Lipinski definition) is 4. The summed E-state index contributed by atoms with van der Waals surface area (Å²) in [7, 11) is 0. The molecule has 6 nitrogen and oxygen atoms in total. The summed E-state index contributed by atoms with van der Waals surface area (Å²) in [6, 6.07) is 0. The summed E-state index contributed by atoms with van der Waals surface area (Å²) >= 11 is 0. The van der Waals surface area contributed by atoms with E-state index in [1.807, 2.05) is 13.8 Å². The third kappa shape index (κ3) is 3.18. The maximum absolute atomic E-state index is 10.6. The summed E-state index contributed by atoms with van der Waals surface area (Å²) in [6.07, 6.45) is -1.17. The number of carbonyl (C=O) groups is 2. The van der Waals surface area contributed by atoms with Crippen LogP contribution in [0.3, 0.4) is 0 Å². The Morgan fingerprint density at radius 2 is 1.19 bits per heavy atom. The average molecular weight is 230 g/mol. The second kappa shape index (κ2) is 6.04. The Balaban J connectivity index is 0.00000106. The summed E-state index contributed by atoms with van der Waals surface area (Å²) in [4.78, 5) is 21.1. The fourth-order valence-corrected chi connectivity index (χ4v) is 1.09. The lowest BCUT2D eigenvalue weighted by atomic mass is 9.94. The van der Waals surface area contributed by atoms with Crippen LogP contribution in [0.15, 0.2) is 23.3 Å². The van der Waals surface area contributed by atoms with Gasteiger partial charge in [-0.15, -0.1) is 0 Å². The molecule has 0 radical (unpaired) electrons. The van der Waals surface area contributed by atoms with E-state index in [1.165, 1.54) is 0 Å². The van der Waals surface area contributed by atoms with Crippen molar-refractivity contribution in [1.82, 2.24) is 0 Å². The van der Waals surface area contributed by atoms with E-state index in [4.69, 9.17) is 20.4 Å². The van der Waals surface area contributed by atoms with E-state index in [1.54, 1.807) is 0 Å². The van der Waals surface area contributed by atoms with Crippen molar-refractivity contribution in [2.45, 2.75) is 26.1 Å². The number of aliphatic carboxylic acids is 2. The smallest absolute Gasteiger partial charge is 0.336 e. The Bertz CT molecular complexity index is 307. The summed E-state index contributed by atoms with van der Waals surface area (Å²) in [5.41, 5.74) is -1.04. The third-order valence-corrected chi connectivity index (χ3v) is 1.78. The van der Waals surface area contributed by atoms with Gasteiger partial charge in [-0.05, 0) is 12.2 Å².